The smallest absolute Gasteiger partial charge is 0.276 e. The van der Waals surface area contributed by atoms with Crippen LogP contribution in [0.15, 0.2) is 18.2 Å². The van der Waals surface area contributed by atoms with E-state index < -0.39 is 5.91 Å². The monoisotopic (exact) mass is 356 g/mol. The molecule has 0 atom stereocenters. The number of nitrogens with two attached hydrogens (primary N) is 1. The van der Waals surface area contributed by atoms with Gasteiger partial charge in [0.1, 0.15) is 17.0 Å². The minimum absolute atomic E-state index is 0.282. The normalized spacial score (nSPS) is 10.9. The van der Waals surface area contributed by atoms with Gasteiger partial charge in [-0.25, -0.2) is 4.98 Å². The second-order valence-corrected chi connectivity index (χ2v) is 5.85. The maximum atomic E-state index is 12.6. The van der Waals surface area contributed by atoms with Crippen molar-refractivity contribution in [1.29, 1.82) is 0 Å². The zero-order valence-electron chi connectivity index (χ0n) is 15.0. The van der Waals surface area contributed by atoms with E-state index in [0.717, 1.165) is 5.69 Å². The molecule has 1 aromatic carbocycles. The van der Waals surface area contributed by atoms with Crippen LogP contribution in [0.5, 0.6) is 5.75 Å². The lowest BCUT2D eigenvalue weighted by atomic mass is 10.1. The van der Waals surface area contributed by atoms with E-state index in [-0.39, 0.29) is 11.5 Å². The van der Waals surface area contributed by atoms with Crippen molar-refractivity contribution in [3.63, 3.8) is 0 Å². The summed E-state index contributed by atoms with van der Waals surface area (Å²) >= 11 is 0. The summed E-state index contributed by atoms with van der Waals surface area (Å²) in [6, 6.07) is 4.83. The molecule has 0 fully saturated rings. The van der Waals surface area contributed by atoms with Crippen LogP contribution in [0.4, 0.5) is 5.95 Å². The largest absolute Gasteiger partial charge is 0.494 e. The molecule has 2 heterocycles. The molecule has 9 nitrogen and oxygen atoms in total. The van der Waals surface area contributed by atoms with Crippen molar-refractivity contribution < 1.29 is 14.3 Å². The van der Waals surface area contributed by atoms with Crippen molar-refractivity contribution >= 4 is 28.8 Å². The predicted molar refractivity (Wildman–Crippen MR) is 96.4 cm³/mol. The lowest BCUT2D eigenvalue weighted by Crippen LogP contribution is -2.19. The SMILES string of the molecule is CCn1nc(C)cc1C(=O)Nc1nc2cc(C(N)=O)cc(OC)c2n1C. The van der Waals surface area contributed by atoms with Gasteiger partial charge in [0.05, 0.1) is 18.3 Å². The number of hydrogen-bond acceptors (Lipinski definition) is 5. The van der Waals surface area contributed by atoms with Gasteiger partial charge in [-0.3, -0.25) is 19.6 Å². The molecule has 0 bridgehead atoms. The van der Waals surface area contributed by atoms with Crippen LogP contribution in [0.1, 0.15) is 33.5 Å². The van der Waals surface area contributed by atoms with Crippen molar-refractivity contribution in [3.05, 3.63) is 35.2 Å². The minimum atomic E-state index is -0.580. The fourth-order valence-corrected chi connectivity index (χ4v) is 2.86. The number of methoxy groups -OCH3 is 1. The number of amides is 2. The number of nitrogens with one attached hydrogen (secondary N) is 1. The Morgan fingerprint density at radius 1 is 1.31 bits per heavy atom. The van der Waals surface area contributed by atoms with Gasteiger partial charge >= 0.3 is 0 Å². The Balaban J connectivity index is 2.04. The van der Waals surface area contributed by atoms with Gasteiger partial charge in [-0.1, -0.05) is 0 Å². The van der Waals surface area contributed by atoms with Crippen LogP contribution in [-0.4, -0.2) is 38.3 Å². The predicted octanol–water partition coefficient (Wildman–Crippen LogP) is 1.46. The fourth-order valence-electron chi connectivity index (χ4n) is 2.86. The Morgan fingerprint density at radius 3 is 2.65 bits per heavy atom. The first kappa shape index (κ1) is 17.5. The first-order valence-corrected chi connectivity index (χ1v) is 8.05. The second kappa shape index (κ2) is 6.51. The van der Waals surface area contributed by atoms with Crippen molar-refractivity contribution in [2.45, 2.75) is 20.4 Å². The molecule has 136 valence electrons. The third-order valence-corrected chi connectivity index (χ3v) is 4.10. The van der Waals surface area contributed by atoms with Gasteiger partial charge in [0.15, 0.2) is 0 Å². The van der Waals surface area contributed by atoms with E-state index >= 15 is 0 Å². The van der Waals surface area contributed by atoms with E-state index in [9.17, 15) is 9.59 Å². The summed E-state index contributed by atoms with van der Waals surface area (Å²) in [7, 11) is 3.24. The minimum Gasteiger partial charge on any atom is -0.494 e. The zero-order valence-corrected chi connectivity index (χ0v) is 15.0. The summed E-state index contributed by atoms with van der Waals surface area (Å²) in [4.78, 5) is 28.5. The van der Waals surface area contributed by atoms with Crippen LogP contribution in [0.2, 0.25) is 0 Å². The number of primary amides is 1. The van der Waals surface area contributed by atoms with Gasteiger partial charge < -0.3 is 15.0 Å². The van der Waals surface area contributed by atoms with Gasteiger partial charge in [0, 0.05) is 19.2 Å². The van der Waals surface area contributed by atoms with Crippen LogP contribution < -0.4 is 15.8 Å². The first-order chi connectivity index (χ1) is 12.3. The molecule has 26 heavy (non-hydrogen) atoms. The number of rotatable bonds is 5. The Hall–Kier alpha value is -3.36. The number of hydrogen-bond donors (Lipinski definition) is 2. The molecule has 0 spiro atoms. The number of nitrogens with zero attached hydrogens (tertiary/aromatic N) is 4. The lowest BCUT2D eigenvalue weighted by Gasteiger charge is -2.08. The molecule has 3 N–H and O–H groups in total. The summed E-state index contributed by atoms with van der Waals surface area (Å²) in [5.74, 6) is -0.128. The van der Waals surface area contributed by atoms with Crippen LogP contribution >= 0.6 is 0 Å². The third-order valence-electron chi connectivity index (χ3n) is 4.10. The highest BCUT2D eigenvalue weighted by Gasteiger charge is 2.19. The van der Waals surface area contributed by atoms with E-state index in [1.54, 1.807) is 34.5 Å². The summed E-state index contributed by atoms with van der Waals surface area (Å²) in [5, 5.41) is 7.06. The van der Waals surface area contributed by atoms with Gasteiger partial charge in [-0.05, 0) is 32.0 Å². The molecule has 3 aromatic rings. The molecule has 0 saturated heterocycles. The molecule has 0 aliphatic heterocycles. The molecule has 2 amide bonds. The summed E-state index contributed by atoms with van der Waals surface area (Å²) in [6.45, 7) is 4.32. The van der Waals surface area contributed by atoms with E-state index in [1.165, 1.54) is 7.11 Å². The highest BCUT2D eigenvalue weighted by atomic mass is 16.5. The Kier molecular flexibility index (Phi) is 4.37. The zero-order chi connectivity index (χ0) is 19.0. The highest BCUT2D eigenvalue weighted by Crippen LogP contribution is 2.29. The number of anilines is 1. The average Bonchev–Trinajstić information content (AvgIpc) is 3.14. The maximum Gasteiger partial charge on any atom is 0.276 e. The number of aryl methyl sites for hydroxylation is 3. The number of ether oxygens (including phenoxy) is 1. The lowest BCUT2D eigenvalue weighted by molar-refractivity contribution is 0.0995. The fraction of sp³-hybridized carbons (Fsp3) is 0.294. The molecule has 0 aliphatic carbocycles. The summed E-state index contributed by atoms with van der Waals surface area (Å²) < 4.78 is 8.66. The van der Waals surface area contributed by atoms with Crippen LogP contribution in [0.3, 0.4) is 0 Å². The molecule has 0 unspecified atom stereocenters. The number of fused-ring (bicyclic) bond motifs is 1. The van der Waals surface area contributed by atoms with Crippen LogP contribution in [0.25, 0.3) is 11.0 Å². The first-order valence-electron chi connectivity index (χ1n) is 8.05. The number of imidazole rings is 1. The van der Waals surface area contributed by atoms with Crippen molar-refractivity contribution in [3.8, 4) is 5.75 Å². The van der Waals surface area contributed by atoms with Gasteiger partial charge in [-0.2, -0.15) is 5.10 Å². The van der Waals surface area contributed by atoms with Gasteiger partial charge in [-0.15, -0.1) is 0 Å². The number of carbonyl (C=O) groups excluding carboxylic acids is 2. The number of carbonyl (C=O) groups is 2. The molecule has 0 aliphatic rings. The number of benzene rings is 1. The van der Waals surface area contributed by atoms with Crippen LogP contribution in [-0.2, 0) is 13.6 Å². The standard InChI is InChI=1S/C17H20N6O3/c1-5-23-12(6-9(2)21-23)16(25)20-17-19-11-7-10(15(18)24)8-13(26-4)14(11)22(17)3/h6-8H,5H2,1-4H3,(H2,18,24)(H,19,20,25). The second-order valence-electron chi connectivity index (χ2n) is 5.85. The molecule has 3 rings (SSSR count). The number of aromatic nitrogens is 4. The van der Waals surface area contributed by atoms with Gasteiger partial charge in [0.25, 0.3) is 5.91 Å². The molecular weight excluding hydrogens is 336 g/mol. The highest BCUT2D eigenvalue weighted by molar-refractivity contribution is 6.04. The Bertz CT molecular complexity index is 1020. The summed E-state index contributed by atoms with van der Waals surface area (Å²) in [5.41, 5.74) is 7.99. The van der Waals surface area contributed by atoms with Crippen molar-refractivity contribution in [2.24, 2.45) is 12.8 Å². The average molecular weight is 356 g/mol. The van der Waals surface area contributed by atoms with Crippen molar-refractivity contribution in [2.75, 3.05) is 12.4 Å². The van der Waals surface area contributed by atoms with E-state index in [2.05, 4.69) is 15.4 Å². The Labute approximate surface area is 149 Å². The third kappa shape index (κ3) is 2.87. The van der Waals surface area contributed by atoms with Gasteiger partial charge in [0.2, 0.25) is 11.9 Å². The topological polar surface area (TPSA) is 117 Å². The van der Waals surface area contributed by atoms with E-state index in [0.29, 0.717) is 35.0 Å². The maximum absolute atomic E-state index is 12.6. The molecule has 9 heteroatoms. The quantitative estimate of drug-likeness (QED) is 0.718. The molecule has 0 radical (unpaired) electrons. The molecule has 0 saturated carbocycles. The van der Waals surface area contributed by atoms with Crippen LogP contribution in [0, 0.1) is 6.92 Å². The van der Waals surface area contributed by atoms with E-state index in [1.807, 2.05) is 13.8 Å². The molecular formula is C17H20N6O3. The van der Waals surface area contributed by atoms with Crippen molar-refractivity contribution in [1.82, 2.24) is 19.3 Å². The molecule has 2 aromatic heterocycles. The Morgan fingerprint density at radius 2 is 2.04 bits per heavy atom. The van der Waals surface area contributed by atoms with E-state index in [4.69, 9.17) is 10.5 Å². The summed E-state index contributed by atoms with van der Waals surface area (Å²) in [6.07, 6.45) is 0.